The van der Waals surface area contributed by atoms with Gasteiger partial charge in [-0.1, -0.05) is 43.5 Å². The van der Waals surface area contributed by atoms with E-state index >= 15 is 13.2 Å². The SMILES string of the molecule is C=C1C=C(C(F)(F)F)C(C(=O)Nc2cc(-c3cc(C(=O)N4CCOCC4)ccc3F)ccc2N2C[C@@H](C)N(C)[C@@H](C)C2)=CN1.C=C1C=C(C(F)F)C(C(=O)Nc2cc(-c3cc(CN4CCOCC4)ccc3F)ccc2N2CCN(C)CC2)=CN1.Cc1cc(O)cc(C(=O)Nc2cc(-c3cc(CN4CCOCC4)ccc3F)ccc2N2CCN(C)CC2)c1F. The highest BCUT2D eigenvalue weighted by atomic mass is 19.4. The second kappa shape index (κ2) is 39.9. The number of rotatable bonds is 18. The number of phenols is 1. The Balaban J connectivity index is 0.000000159. The summed E-state index contributed by atoms with van der Waals surface area (Å²) in [7, 11) is 6.13. The molecule has 15 rings (SSSR count). The average molecular weight is 1700 g/mol. The molecule has 8 aliphatic heterocycles. The van der Waals surface area contributed by atoms with E-state index in [0.29, 0.717) is 129 Å². The minimum Gasteiger partial charge on any atom is -0.508 e. The van der Waals surface area contributed by atoms with Crippen LogP contribution in [0.4, 0.5) is 73.6 Å². The number of carbonyl (C=O) groups is 4. The first-order chi connectivity index (χ1) is 58.9. The minimum atomic E-state index is -4.79. The van der Waals surface area contributed by atoms with Crippen LogP contribution in [0.15, 0.2) is 193 Å². The fraction of sp³-hybridized carbons (Fsp3) is 0.370. The predicted octanol–water partition coefficient (Wildman–Crippen LogP) is 13.6. The Bertz CT molecular complexity index is 5210. The van der Waals surface area contributed by atoms with Gasteiger partial charge >= 0.3 is 6.18 Å². The van der Waals surface area contributed by atoms with Gasteiger partial charge in [-0.2, -0.15) is 13.2 Å². The molecule has 7 aromatic carbocycles. The van der Waals surface area contributed by atoms with Crippen molar-refractivity contribution in [1.82, 2.24) is 40.0 Å². The van der Waals surface area contributed by atoms with Crippen LogP contribution >= 0.6 is 0 Å². The number of nitrogens with zero attached hydrogens (tertiary/aromatic N) is 9. The maximum absolute atomic E-state index is 15.3. The summed E-state index contributed by atoms with van der Waals surface area (Å²) in [5.74, 6) is -4.81. The molecule has 0 radical (unpaired) electrons. The van der Waals surface area contributed by atoms with Gasteiger partial charge in [0.25, 0.3) is 30.1 Å². The minimum absolute atomic E-state index is 0.000966. The number of likely N-dealkylation sites (N-methyl/N-ethyl adjacent to an activating group) is 3. The molecule has 652 valence electrons. The zero-order valence-electron chi connectivity index (χ0n) is 69.7. The number of aryl methyl sites for hydroxylation is 1. The summed E-state index contributed by atoms with van der Waals surface area (Å²) in [5, 5.41) is 23.7. The second-order valence-electron chi connectivity index (χ2n) is 31.9. The van der Waals surface area contributed by atoms with Gasteiger partial charge in [-0.05, 0) is 178 Å². The lowest BCUT2D eigenvalue weighted by Crippen LogP contribution is -2.55. The molecule has 0 spiro atoms. The van der Waals surface area contributed by atoms with Gasteiger partial charge in [-0.3, -0.25) is 33.9 Å². The Morgan fingerprint density at radius 1 is 0.504 bits per heavy atom. The lowest BCUT2D eigenvalue weighted by Gasteiger charge is -2.44. The topological polar surface area (TPSA) is 206 Å². The molecule has 7 aromatic rings. The maximum Gasteiger partial charge on any atom is 0.417 e. The zero-order chi connectivity index (χ0) is 87.5. The number of benzene rings is 7. The van der Waals surface area contributed by atoms with Crippen molar-refractivity contribution in [1.29, 1.82) is 0 Å². The number of nitrogens with one attached hydrogen (secondary N) is 5. The Hall–Kier alpha value is -11.3. The third kappa shape index (κ3) is 22.2. The summed E-state index contributed by atoms with van der Waals surface area (Å²) >= 11 is 0. The number of alkyl halides is 5. The summed E-state index contributed by atoms with van der Waals surface area (Å²) in [6, 6.07) is 32.8. The van der Waals surface area contributed by atoms with E-state index in [1.165, 1.54) is 61.7 Å². The number of piperazine rings is 3. The van der Waals surface area contributed by atoms with Gasteiger partial charge in [0.1, 0.15) is 29.0 Å². The van der Waals surface area contributed by atoms with Crippen LogP contribution in [-0.2, 0) is 36.9 Å². The number of allylic oxidation sites excluding steroid dienone is 2. The first-order valence-corrected chi connectivity index (χ1v) is 41.0. The first kappa shape index (κ1) is 89.5. The predicted molar refractivity (Wildman–Crippen MR) is 460 cm³/mol. The van der Waals surface area contributed by atoms with Crippen LogP contribution < -0.4 is 41.3 Å². The molecule has 0 unspecified atom stereocenters. The van der Waals surface area contributed by atoms with E-state index in [2.05, 4.69) is 99.8 Å². The molecule has 6 fully saturated rings. The molecular formula is C92H103F9N14O8. The molecule has 0 aliphatic carbocycles. The molecule has 6 N–H and O–H groups in total. The number of halogens is 9. The van der Waals surface area contributed by atoms with Gasteiger partial charge in [0, 0.05) is 182 Å². The molecule has 8 heterocycles. The Labute approximate surface area is 710 Å². The molecule has 8 aliphatic rings. The molecule has 2 atom stereocenters. The number of amides is 4. The van der Waals surface area contributed by atoms with Crippen LogP contribution in [0, 0.1) is 30.2 Å². The molecule has 22 nitrogen and oxygen atoms in total. The summed E-state index contributed by atoms with van der Waals surface area (Å²) in [6.45, 7) is 29.4. The highest BCUT2D eigenvalue weighted by molar-refractivity contribution is 6.11. The second-order valence-corrected chi connectivity index (χ2v) is 31.9. The average Bonchev–Trinajstić information content (AvgIpc) is 0.825. The molecule has 6 saturated heterocycles. The van der Waals surface area contributed by atoms with E-state index in [4.69, 9.17) is 14.2 Å². The molecule has 31 heteroatoms. The number of hydrogen-bond donors (Lipinski definition) is 6. The van der Waals surface area contributed by atoms with Crippen LogP contribution in [0.25, 0.3) is 33.4 Å². The Morgan fingerprint density at radius 3 is 1.38 bits per heavy atom. The lowest BCUT2D eigenvalue weighted by atomic mass is 9.98. The van der Waals surface area contributed by atoms with E-state index < -0.39 is 58.7 Å². The van der Waals surface area contributed by atoms with Crippen LogP contribution in [0.2, 0.25) is 0 Å². The van der Waals surface area contributed by atoms with Crippen molar-refractivity contribution < 1.29 is 78.0 Å². The van der Waals surface area contributed by atoms with Crippen molar-refractivity contribution >= 4 is 57.8 Å². The normalized spacial score (nSPS) is 19.1. The number of morpholine rings is 3. The van der Waals surface area contributed by atoms with Gasteiger partial charge in [-0.15, -0.1) is 0 Å². The van der Waals surface area contributed by atoms with Crippen LogP contribution in [-0.4, -0.2) is 248 Å². The van der Waals surface area contributed by atoms with Crippen LogP contribution in [0.1, 0.15) is 51.3 Å². The first-order valence-electron chi connectivity index (χ1n) is 41.0. The summed E-state index contributed by atoms with van der Waals surface area (Å²) in [5.41, 5.74) is 5.88. The summed E-state index contributed by atoms with van der Waals surface area (Å²) in [4.78, 5) is 72.3. The van der Waals surface area contributed by atoms with E-state index in [1.807, 2.05) is 50.5 Å². The highest BCUT2D eigenvalue weighted by Gasteiger charge is 2.41. The maximum atomic E-state index is 15.3. The summed E-state index contributed by atoms with van der Waals surface area (Å²) < 4.78 is 146. The standard InChI is InChI=1S/C32H35F4N5O3.C30H34F3N5O2.C30H34F2N4O3/c1-19-13-26(32(34,35)36)25(16-37-19)30(42)38-28-15-22(6-8-29(28)41-17-20(2)39(4)21(3)18-41)24-14-23(5-7-27(24)33)31(43)40-9-11-44-12-10-40;1-20-15-24(29(32)33)25(18-34-20)30(39)35-27-17-22(4-6-28(27)38-9-7-36(2)8-10-38)23-16-21(3-5-26(23)31)19-37-11-13-40-14-12-37;1-20-15-23(37)18-25(29(20)32)30(38)33-27-17-22(4-6-28(27)36-9-7-34(2)8-10-36)24-16-21(3-5-26(24)31)19-35-11-13-39-14-12-35/h5-8,13-16,20-21,37H,1,9-12,17-18H2,2-4H3,(H,38,42);3-6,15-18,29,34H,1,7-14,19H2,2H3,(H,35,39);3-6,15-18,37H,7-14,19H2,1-2H3,(H,33,38)/t20-,21+;;. The van der Waals surface area contributed by atoms with Crippen molar-refractivity contribution in [3.8, 4) is 39.1 Å². The highest BCUT2D eigenvalue weighted by Crippen LogP contribution is 2.42. The fourth-order valence-corrected chi connectivity index (χ4v) is 16.0. The van der Waals surface area contributed by atoms with Crippen molar-refractivity contribution in [3.63, 3.8) is 0 Å². The fourth-order valence-electron chi connectivity index (χ4n) is 16.0. The number of ether oxygens (including phenoxy) is 3. The number of anilines is 6. The Morgan fingerprint density at radius 2 is 0.919 bits per heavy atom. The van der Waals surface area contributed by atoms with Gasteiger partial charge < -0.3 is 75.3 Å². The molecule has 0 bridgehead atoms. The number of dihydropyridines is 2. The number of aromatic hydroxyl groups is 1. The quantitative estimate of drug-likeness (QED) is 0.0442. The van der Waals surface area contributed by atoms with Crippen molar-refractivity contribution in [3.05, 3.63) is 244 Å². The molecule has 4 amide bonds. The van der Waals surface area contributed by atoms with Gasteiger partial charge in [0.2, 0.25) is 0 Å². The third-order valence-electron chi connectivity index (χ3n) is 23.2. The lowest BCUT2D eigenvalue weighted by molar-refractivity contribution is -0.115. The van der Waals surface area contributed by atoms with E-state index in [-0.39, 0.29) is 74.7 Å². The molecule has 0 aromatic heterocycles. The largest absolute Gasteiger partial charge is 0.508 e. The van der Waals surface area contributed by atoms with Gasteiger partial charge in [0.15, 0.2) is 0 Å². The van der Waals surface area contributed by atoms with Crippen LogP contribution in [0.5, 0.6) is 5.75 Å². The van der Waals surface area contributed by atoms with Gasteiger partial charge in [-0.25, -0.2) is 26.3 Å². The molecule has 123 heavy (non-hydrogen) atoms. The van der Waals surface area contributed by atoms with Gasteiger partial charge in [0.05, 0.1) is 96.0 Å². The molecular weight excluding hydrogens is 1600 g/mol. The van der Waals surface area contributed by atoms with Crippen molar-refractivity contribution in [2.24, 2.45) is 0 Å². The molecule has 0 saturated carbocycles. The summed E-state index contributed by atoms with van der Waals surface area (Å²) in [6.07, 6.45) is -3.47. The zero-order valence-corrected chi connectivity index (χ0v) is 69.7. The number of carbonyl (C=O) groups excluding carboxylic acids is 4. The van der Waals surface area contributed by atoms with E-state index in [9.17, 15) is 50.6 Å². The smallest absolute Gasteiger partial charge is 0.417 e. The third-order valence-corrected chi connectivity index (χ3v) is 23.2. The Kier molecular flexibility index (Phi) is 29.0. The van der Waals surface area contributed by atoms with Crippen LogP contribution in [0.3, 0.4) is 0 Å². The van der Waals surface area contributed by atoms with E-state index in [0.717, 1.165) is 119 Å². The van der Waals surface area contributed by atoms with Crippen molar-refractivity contribution in [2.75, 3.05) is 196 Å². The number of phenolic OH excluding ortho intramolecular Hbond substituents is 1. The van der Waals surface area contributed by atoms with E-state index in [1.54, 1.807) is 41.3 Å². The van der Waals surface area contributed by atoms with Crippen molar-refractivity contribution in [2.45, 2.75) is 58.5 Å². The number of hydrogen-bond acceptors (Lipinski definition) is 18. The monoisotopic (exact) mass is 1700 g/mol.